The van der Waals surface area contributed by atoms with Crippen molar-refractivity contribution in [3.05, 3.63) is 124 Å². The van der Waals surface area contributed by atoms with Crippen LogP contribution in [0, 0.1) is 0 Å². The fourth-order valence-corrected chi connectivity index (χ4v) is 8.98. The fraction of sp³-hybridized carbons (Fsp3) is 0.444. The average molecular weight is 940 g/mol. The van der Waals surface area contributed by atoms with Crippen molar-refractivity contribution in [2.45, 2.75) is 77.2 Å². The van der Waals surface area contributed by atoms with E-state index in [0.717, 1.165) is 70.7 Å². The van der Waals surface area contributed by atoms with Crippen LogP contribution in [0.25, 0.3) is 22.1 Å². The molecule has 3 N–H and O–H groups in total. The van der Waals surface area contributed by atoms with Gasteiger partial charge in [0.15, 0.2) is 0 Å². The molecule has 2 aliphatic heterocycles. The number of rotatable bonds is 7. The van der Waals surface area contributed by atoms with Gasteiger partial charge in [0.1, 0.15) is 28.3 Å². The Kier molecular flexibility index (Phi) is 14.5. The predicted octanol–water partition coefficient (Wildman–Crippen LogP) is 5.32. The van der Waals surface area contributed by atoms with E-state index >= 15 is 0 Å². The second-order valence-electron chi connectivity index (χ2n) is 17.5. The van der Waals surface area contributed by atoms with Gasteiger partial charge in [0.2, 0.25) is 0 Å². The van der Waals surface area contributed by atoms with Crippen LogP contribution in [-0.4, -0.2) is 77.4 Å². The number of hydrogen-bond donors (Lipinski definition) is 2. The molecule has 0 spiro atoms. The third-order valence-electron chi connectivity index (χ3n) is 11.8. The molecule has 19 heteroatoms. The minimum absolute atomic E-state index is 0. The molecule has 4 aromatic heterocycles. The highest BCUT2D eigenvalue weighted by atomic mass is 35.5. The molecule has 0 unspecified atom stereocenters. The summed E-state index contributed by atoms with van der Waals surface area (Å²) in [5.74, 6) is 1.69. The van der Waals surface area contributed by atoms with E-state index in [1.54, 1.807) is 14.1 Å². The number of carbonyl (C=O) groups excluding carboxylic acids is 1. The number of halogens is 3. The van der Waals surface area contributed by atoms with Crippen molar-refractivity contribution < 1.29 is 9.53 Å². The van der Waals surface area contributed by atoms with E-state index in [9.17, 15) is 24.0 Å². The highest BCUT2D eigenvalue weighted by molar-refractivity contribution is 6.31. The summed E-state index contributed by atoms with van der Waals surface area (Å²) < 4.78 is 14.6. The lowest BCUT2D eigenvalue weighted by atomic mass is 10.1. The summed E-state index contributed by atoms with van der Waals surface area (Å²) in [4.78, 5) is 68.0. The van der Waals surface area contributed by atoms with E-state index in [1.165, 1.54) is 23.2 Å². The molecule has 8 rings (SSSR count). The van der Waals surface area contributed by atoms with E-state index in [0.29, 0.717) is 58.3 Å². The maximum Gasteiger partial charge on any atom is 0.407 e. The van der Waals surface area contributed by atoms with E-state index in [2.05, 4.69) is 15.1 Å². The second kappa shape index (κ2) is 19.4. The fourth-order valence-electron chi connectivity index (χ4n) is 8.59. The molecule has 1 amide bonds. The summed E-state index contributed by atoms with van der Waals surface area (Å²) in [6, 6.07) is 18.9. The van der Waals surface area contributed by atoms with Crippen LogP contribution in [0.4, 0.5) is 16.4 Å². The normalized spacial score (nSPS) is 16.7. The number of nitrogens with one attached hydrogen (secondary N) is 1. The summed E-state index contributed by atoms with van der Waals surface area (Å²) in [6.07, 6.45) is 3.20. The predicted molar refractivity (Wildman–Crippen MR) is 257 cm³/mol. The van der Waals surface area contributed by atoms with E-state index in [-0.39, 0.29) is 47.0 Å². The first-order chi connectivity index (χ1) is 29.8. The SMILES string of the molecule is Cl.Cn1c(=O)c2c(cc(N3CCC[C@@H](N)C3)n2Cc2ccccc2Cl)n(C)c1=O.Cn1c(=O)c2c(cc(N3CCC[C@@H](NC(=O)OC(C)(C)C)C3)n2Cc2ccccc2Cl)n(C)c1=O. The minimum atomic E-state index is -0.579. The number of fused-ring (bicyclic) bond motifs is 2. The van der Waals surface area contributed by atoms with Crippen LogP contribution in [0.1, 0.15) is 57.6 Å². The molecule has 0 radical (unpaired) electrons. The Bertz CT molecular complexity index is 2940. The molecule has 2 fully saturated rings. The summed E-state index contributed by atoms with van der Waals surface area (Å²) in [6.45, 7) is 9.18. The smallest absolute Gasteiger partial charge is 0.407 e. The van der Waals surface area contributed by atoms with Crippen LogP contribution in [0.5, 0.6) is 0 Å². The number of anilines is 2. The van der Waals surface area contributed by atoms with E-state index in [4.69, 9.17) is 33.7 Å². The molecular weight excluding hydrogens is 883 g/mol. The Morgan fingerprint density at radius 2 is 1.14 bits per heavy atom. The van der Waals surface area contributed by atoms with Crippen molar-refractivity contribution in [1.29, 1.82) is 0 Å². The number of nitrogens with two attached hydrogens (primary N) is 1. The Morgan fingerprint density at radius 3 is 1.58 bits per heavy atom. The number of aryl methyl sites for hydroxylation is 2. The number of alkyl carbamates (subject to hydrolysis) is 1. The standard InChI is InChI=1S/C25H32ClN5O4.C20H24ClN5O2.ClH/c1-25(2,3)35-23(33)27-17-10-8-12-30(15-17)20-13-19-21(22(32)29(5)24(34)28(19)4)31(20)14-16-9-6-7-11-18(16)26;1-23-16-10-17(25-9-5-7-14(22)12-25)26(11-13-6-3-4-8-15(13)21)18(16)19(27)24(2)20(23)28;/h6-7,9,11,13,17H,8,10,12,14-15H2,1-5H3,(H,27,33);3-4,6,8,10,14H,5,7,9,11-12,22H2,1-2H3;1H/t17-;14-;/m11./s1. The van der Waals surface area contributed by atoms with Crippen molar-refractivity contribution in [3.63, 3.8) is 0 Å². The number of aromatic nitrogens is 6. The molecule has 2 aliphatic rings. The van der Waals surface area contributed by atoms with E-state index in [1.807, 2.05) is 90.6 Å². The van der Waals surface area contributed by atoms with Crippen LogP contribution in [0.3, 0.4) is 0 Å². The largest absolute Gasteiger partial charge is 0.444 e. The zero-order valence-electron chi connectivity index (χ0n) is 37.3. The maximum atomic E-state index is 13.2. The van der Waals surface area contributed by atoms with Crippen molar-refractivity contribution in [3.8, 4) is 0 Å². The molecule has 2 atom stereocenters. The Hall–Kier alpha value is -5.42. The van der Waals surface area contributed by atoms with Crippen LogP contribution in [0.15, 0.2) is 79.8 Å². The van der Waals surface area contributed by atoms with Gasteiger partial charge in [-0.2, -0.15) is 0 Å². The van der Waals surface area contributed by atoms with Gasteiger partial charge in [-0.05, 0) is 69.7 Å². The summed E-state index contributed by atoms with van der Waals surface area (Å²) >= 11 is 12.9. The molecule has 64 heavy (non-hydrogen) atoms. The Labute approximate surface area is 386 Å². The zero-order valence-corrected chi connectivity index (χ0v) is 39.6. The lowest BCUT2D eigenvalue weighted by molar-refractivity contribution is 0.0500. The minimum Gasteiger partial charge on any atom is -0.444 e. The topological polar surface area (TPSA) is 169 Å². The molecule has 2 aromatic carbocycles. The number of nitrogens with zero attached hydrogens (tertiary/aromatic N) is 8. The molecule has 0 bridgehead atoms. The van der Waals surface area contributed by atoms with Gasteiger partial charge < -0.3 is 34.7 Å². The van der Waals surface area contributed by atoms with Crippen molar-refractivity contribution in [1.82, 2.24) is 32.7 Å². The van der Waals surface area contributed by atoms with Crippen LogP contribution in [0.2, 0.25) is 10.0 Å². The van der Waals surface area contributed by atoms with Crippen molar-refractivity contribution in [2.24, 2.45) is 33.9 Å². The van der Waals surface area contributed by atoms with Gasteiger partial charge in [-0.1, -0.05) is 59.6 Å². The van der Waals surface area contributed by atoms with Crippen molar-refractivity contribution in [2.75, 3.05) is 36.0 Å². The van der Waals surface area contributed by atoms with Gasteiger partial charge in [-0.3, -0.25) is 27.9 Å². The second-order valence-corrected chi connectivity index (χ2v) is 18.3. The quantitative estimate of drug-likeness (QED) is 0.215. The molecule has 2 saturated heterocycles. The monoisotopic (exact) mass is 938 g/mol. The first kappa shape index (κ1) is 48.0. The third kappa shape index (κ3) is 9.80. The molecule has 0 aliphatic carbocycles. The summed E-state index contributed by atoms with van der Waals surface area (Å²) in [7, 11) is 6.35. The van der Waals surface area contributed by atoms with Gasteiger partial charge in [0.25, 0.3) is 11.1 Å². The van der Waals surface area contributed by atoms with Crippen molar-refractivity contribution >= 4 is 75.4 Å². The molecular formula is C45H57Cl3N10O6. The Balaban J connectivity index is 0.000000214. The summed E-state index contributed by atoms with van der Waals surface area (Å²) in [5, 5.41) is 4.22. The van der Waals surface area contributed by atoms with Gasteiger partial charge in [-0.15, -0.1) is 12.4 Å². The lowest BCUT2D eigenvalue weighted by Crippen LogP contribution is -2.49. The van der Waals surface area contributed by atoms with Gasteiger partial charge in [0.05, 0.1) is 24.1 Å². The number of piperidine rings is 2. The number of hydrogen-bond acceptors (Lipinski definition) is 9. The van der Waals surface area contributed by atoms with Gasteiger partial charge in [-0.25, -0.2) is 14.4 Å². The Morgan fingerprint density at radius 1 is 0.703 bits per heavy atom. The van der Waals surface area contributed by atoms with Gasteiger partial charge >= 0.3 is 17.5 Å². The first-order valence-electron chi connectivity index (χ1n) is 21.1. The first-order valence-corrected chi connectivity index (χ1v) is 21.9. The molecule has 0 saturated carbocycles. The zero-order chi connectivity index (χ0) is 45.5. The van der Waals surface area contributed by atoms with E-state index < -0.39 is 11.7 Å². The lowest BCUT2D eigenvalue weighted by Gasteiger charge is -2.35. The van der Waals surface area contributed by atoms with Crippen LogP contribution >= 0.6 is 35.6 Å². The third-order valence-corrected chi connectivity index (χ3v) is 12.6. The highest BCUT2D eigenvalue weighted by Gasteiger charge is 2.29. The molecule has 16 nitrogen and oxygen atoms in total. The van der Waals surface area contributed by atoms with Crippen LogP contribution in [-0.2, 0) is 46.0 Å². The molecule has 6 aromatic rings. The number of amides is 1. The summed E-state index contributed by atoms with van der Waals surface area (Å²) in [5.41, 5.74) is 8.13. The molecule has 344 valence electrons. The average Bonchev–Trinajstić information content (AvgIpc) is 3.81. The molecule has 6 heterocycles. The highest BCUT2D eigenvalue weighted by Crippen LogP contribution is 2.31. The number of carbonyl (C=O) groups is 1. The van der Waals surface area contributed by atoms with Gasteiger partial charge in [0, 0.05) is 88.6 Å². The van der Waals surface area contributed by atoms with Crippen LogP contribution < -0.4 is 43.3 Å². The number of benzene rings is 2. The maximum absolute atomic E-state index is 13.2. The number of ether oxygens (including phenoxy) is 1.